The van der Waals surface area contributed by atoms with E-state index in [0.29, 0.717) is 0 Å². The van der Waals surface area contributed by atoms with Crippen molar-refractivity contribution in [2.45, 2.75) is 19.8 Å². The zero-order valence-corrected chi connectivity index (χ0v) is 8.47. The number of hydrogen-bond acceptors (Lipinski definition) is 3. The van der Waals surface area contributed by atoms with Crippen molar-refractivity contribution in [2.75, 3.05) is 6.54 Å². The largest absolute Gasteiger partial charge is 0.330 e. The van der Waals surface area contributed by atoms with Crippen LogP contribution in [0.4, 0.5) is 0 Å². The summed E-state index contributed by atoms with van der Waals surface area (Å²) in [4.78, 5) is 6.72. The molecule has 0 unspecified atom stereocenters. The Morgan fingerprint density at radius 3 is 3.23 bits per heavy atom. The normalized spacial score (nSPS) is 11.2. The first kappa shape index (κ1) is 8.72. The molecule has 2 N–H and O–H groups in total. The van der Waals surface area contributed by atoms with Gasteiger partial charge in [-0.2, -0.15) is 0 Å². The lowest BCUT2D eigenvalue weighted by Gasteiger charge is -1.95. The summed E-state index contributed by atoms with van der Waals surface area (Å²) < 4.78 is 2.16. The SMILES string of the molecule is Cc1cn2c(CCCN)cnc2s1. The number of nitrogens with zero attached hydrogens (tertiary/aromatic N) is 2. The van der Waals surface area contributed by atoms with Crippen LogP contribution in [-0.4, -0.2) is 15.9 Å². The molecule has 3 nitrogen and oxygen atoms in total. The Hall–Kier alpha value is -0.870. The van der Waals surface area contributed by atoms with Gasteiger partial charge in [0.1, 0.15) is 0 Å². The maximum atomic E-state index is 5.47. The predicted molar refractivity (Wildman–Crippen MR) is 55.2 cm³/mol. The van der Waals surface area contributed by atoms with Crippen LogP contribution in [0, 0.1) is 6.92 Å². The summed E-state index contributed by atoms with van der Waals surface area (Å²) in [6.07, 6.45) is 6.14. The fraction of sp³-hybridized carbons (Fsp3) is 0.444. The molecule has 0 amide bonds. The predicted octanol–water partition coefficient (Wildman–Crippen LogP) is 1.60. The maximum absolute atomic E-state index is 5.47. The topological polar surface area (TPSA) is 43.3 Å². The number of thiazole rings is 1. The molecule has 0 aliphatic rings. The molecule has 0 aliphatic heterocycles. The van der Waals surface area contributed by atoms with E-state index in [1.54, 1.807) is 11.3 Å². The van der Waals surface area contributed by atoms with Crippen molar-refractivity contribution < 1.29 is 0 Å². The molecule has 0 bridgehead atoms. The molecule has 2 aromatic heterocycles. The number of nitrogens with two attached hydrogens (primary N) is 1. The fourth-order valence-electron chi connectivity index (χ4n) is 1.41. The number of fused-ring (bicyclic) bond motifs is 1. The number of aromatic nitrogens is 2. The minimum absolute atomic E-state index is 0.746. The first-order chi connectivity index (χ1) is 6.31. The van der Waals surface area contributed by atoms with E-state index in [1.807, 2.05) is 6.20 Å². The molecule has 2 aromatic rings. The lowest BCUT2D eigenvalue weighted by atomic mass is 10.2. The quantitative estimate of drug-likeness (QED) is 0.808. The van der Waals surface area contributed by atoms with Gasteiger partial charge in [0, 0.05) is 16.8 Å². The van der Waals surface area contributed by atoms with Crippen molar-refractivity contribution in [3.8, 4) is 0 Å². The van der Waals surface area contributed by atoms with Crippen molar-refractivity contribution in [1.29, 1.82) is 0 Å². The molecular weight excluding hydrogens is 182 g/mol. The lowest BCUT2D eigenvalue weighted by molar-refractivity contribution is 0.803. The highest BCUT2D eigenvalue weighted by Gasteiger charge is 2.04. The molecule has 0 spiro atoms. The lowest BCUT2D eigenvalue weighted by Crippen LogP contribution is -2.01. The van der Waals surface area contributed by atoms with Crippen LogP contribution in [-0.2, 0) is 6.42 Å². The van der Waals surface area contributed by atoms with Gasteiger partial charge in [-0.15, -0.1) is 11.3 Å². The molecule has 0 atom stereocenters. The second-order valence-corrected chi connectivity index (χ2v) is 4.35. The summed E-state index contributed by atoms with van der Waals surface area (Å²) in [6.45, 7) is 2.85. The van der Waals surface area contributed by atoms with E-state index in [1.165, 1.54) is 10.6 Å². The van der Waals surface area contributed by atoms with Crippen LogP contribution in [0.3, 0.4) is 0 Å². The number of imidazole rings is 1. The van der Waals surface area contributed by atoms with Gasteiger partial charge in [0.25, 0.3) is 0 Å². The van der Waals surface area contributed by atoms with Crippen LogP contribution in [0.25, 0.3) is 4.96 Å². The molecule has 0 aromatic carbocycles. The molecule has 0 saturated heterocycles. The third-order valence-corrected chi connectivity index (χ3v) is 2.95. The molecular formula is C9H13N3S. The molecule has 0 aliphatic carbocycles. The second-order valence-electron chi connectivity index (χ2n) is 3.14. The Balaban J connectivity index is 2.33. The van der Waals surface area contributed by atoms with E-state index in [0.717, 1.165) is 24.3 Å². The average Bonchev–Trinajstić information content (AvgIpc) is 2.61. The van der Waals surface area contributed by atoms with Crippen LogP contribution >= 0.6 is 11.3 Å². The second kappa shape index (κ2) is 3.47. The van der Waals surface area contributed by atoms with Crippen molar-refractivity contribution in [3.63, 3.8) is 0 Å². The van der Waals surface area contributed by atoms with Crippen molar-refractivity contribution in [2.24, 2.45) is 5.73 Å². The molecule has 0 saturated carbocycles. The van der Waals surface area contributed by atoms with Crippen LogP contribution in [0.1, 0.15) is 17.0 Å². The van der Waals surface area contributed by atoms with Crippen LogP contribution < -0.4 is 5.73 Å². The molecule has 2 heterocycles. The molecule has 2 rings (SSSR count). The number of hydrogen-bond donors (Lipinski definition) is 1. The van der Waals surface area contributed by atoms with Crippen molar-refractivity contribution in [1.82, 2.24) is 9.38 Å². The van der Waals surface area contributed by atoms with E-state index in [4.69, 9.17) is 5.73 Å². The van der Waals surface area contributed by atoms with Crippen molar-refractivity contribution >= 4 is 16.3 Å². The van der Waals surface area contributed by atoms with Crippen molar-refractivity contribution in [3.05, 3.63) is 23.0 Å². The van der Waals surface area contributed by atoms with Gasteiger partial charge in [-0.25, -0.2) is 4.98 Å². The van der Waals surface area contributed by atoms with Crippen LogP contribution in [0.15, 0.2) is 12.4 Å². The summed E-state index contributed by atoms with van der Waals surface area (Å²) in [5, 5.41) is 0. The Morgan fingerprint density at radius 1 is 1.62 bits per heavy atom. The summed E-state index contributed by atoms with van der Waals surface area (Å²) in [5.41, 5.74) is 6.74. The Labute approximate surface area is 81.2 Å². The Kier molecular flexibility index (Phi) is 2.33. The minimum Gasteiger partial charge on any atom is -0.330 e. The molecule has 0 fully saturated rings. The summed E-state index contributed by atoms with van der Waals surface area (Å²) >= 11 is 1.73. The zero-order valence-electron chi connectivity index (χ0n) is 7.66. The van der Waals surface area contributed by atoms with E-state index >= 15 is 0 Å². The standard InChI is InChI=1S/C9H13N3S/c1-7-6-12-8(3-2-4-10)5-11-9(12)13-7/h5-6H,2-4,10H2,1H3. The summed E-state index contributed by atoms with van der Waals surface area (Å²) in [7, 11) is 0. The Morgan fingerprint density at radius 2 is 2.46 bits per heavy atom. The number of aryl methyl sites for hydroxylation is 2. The third kappa shape index (κ3) is 1.59. The third-order valence-electron chi connectivity index (χ3n) is 2.04. The first-order valence-corrected chi connectivity index (χ1v) is 5.25. The van der Waals surface area contributed by atoms with E-state index < -0.39 is 0 Å². The average molecular weight is 195 g/mol. The molecule has 13 heavy (non-hydrogen) atoms. The van der Waals surface area contributed by atoms with E-state index in [-0.39, 0.29) is 0 Å². The monoisotopic (exact) mass is 195 g/mol. The van der Waals surface area contributed by atoms with Crippen LogP contribution in [0.5, 0.6) is 0 Å². The highest BCUT2D eigenvalue weighted by molar-refractivity contribution is 7.16. The first-order valence-electron chi connectivity index (χ1n) is 4.43. The number of rotatable bonds is 3. The summed E-state index contributed by atoms with van der Waals surface area (Å²) in [5.74, 6) is 0. The molecule has 70 valence electrons. The zero-order chi connectivity index (χ0) is 9.26. The molecule has 4 heteroatoms. The van der Waals surface area contributed by atoms with Gasteiger partial charge in [0.2, 0.25) is 0 Å². The van der Waals surface area contributed by atoms with Gasteiger partial charge in [-0.1, -0.05) is 0 Å². The minimum atomic E-state index is 0.746. The van der Waals surface area contributed by atoms with Gasteiger partial charge >= 0.3 is 0 Å². The summed E-state index contributed by atoms with van der Waals surface area (Å²) in [6, 6.07) is 0. The van der Waals surface area contributed by atoms with Gasteiger partial charge in [0.15, 0.2) is 4.96 Å². The van der Waals surface area contributed by atoms with Gasteiger partial charge in [-0.3, -0.25) is 4.40 Å². The van der Waals surface area contributed by atoms with E-state index in [2.05, 4.69) is 22.5 Å². The molecule has 0 radical (unpaired) electrons. The van der Waals surface area contributed by atoms with E-state index in [9.17, 15) is 0 Å². The highest BCUT2D eigenvalue weighted by atomic mass is 32.1. The van der Waals surface area contributed by atoms with Crippen LogP contribution in [0.2, 0.25) is 0 Å². The van der Waals surface area contributed by atoms with Gasteiger partial charge < -0.3 is 5.73 Å². The smallest absolute Gasteiger partial charge is 0.194 e. The van der Waals surface area contributed by atoms with Gasteiger partial charge in [0.05, 0.1) is 6.20 Å². The Bertz CT molecular complexity index is 402. The maximum Gasteiger partial charge on any atom is 0.194 e. The fourth-order valence-corrected chi connectivity index (χ4v) is 2.23. The van der Waals surface area contributed by atoms with Gasteiger partial charge in [-0.05, 0) is 26.3 Å². The highest BCUT2D eigenvalue weighted by Crippen LogP contribution is 2.18.